The number of rotatable bonds is 4. The van der Waals surface area contributed by atoms with E-state index in [0.717, 1.165) is 12.1 Å². The zero-order valence-corrected chi connectivity index (χ0v) is 10.0. The first-order valence-corrected chi connectivity index (χ1v) is 5.15. The molecule has 2 N–H and O–H groups in total. The van der Waals surface area contributed by atoms with Crippen molar-refractivity contribution >= 4 is 29.2 Å². The molecule has 0 saturated carbocycles. The summed E-state index contributed by atoms with van der Waals surface area (Å²) in [4.78, 5) is 32.2. The number of nitro groups is 1. The fraction of sp³-hybridized carbons (Fsp3) is 0.200. The van der Waals surface area contributed by atoms with Gasteiger partial charge in [0.1, 0.15) is 0 Å². The molecule has 0 bridgehead atoms. The summed E-state index contributed by atoms with van der Waals surface area (Å²) in [5.74, 6) is -1.78. The van der Waals surface area contributed by atoms with Crippen molar-refractivity contribution in [1.29, 1.82) is 0 Å². The van der Waals surface area contributed by atoms with Crippen molar-refractivity contribution in [2.24, 2.45) is 5.73 Å². The Kier molecular flexibility index (Phi) is 4.22. The van der Waals surface area contributed by atoms with Gasteiger partial charge in [-0.1, -0.05) is 11.6 Å². The second-order valence-corrected chi connectivity index (χ2v) is 3.78. The van der Waals surface area contributed by atoms with Crippen molar-refractivity contribution in [3.63, 3.8) is 0 Å². The number of ether oxygens (including phenoxy) is 1. The van der Waals surface area contributed by atoms with Crippen molar-refractivity contribution in [2.75, 3.05) is 0 Å². The number of nitro benzene ring substituents is 1. The van der Waals surface area contributed by atoms with Gasteiger partial charge >= 0.3 is 5.97 Å². The minimum Gasteiger partial charge on any atom is -0.449 e. The van der Waals surface area contributed by atoms with Gasteiger partial charge in [0, 0.05) is 12.1 Å². The van der Waals surface area contributed by atoms with Crippen LogP contribution in [0.1, 0.15) is 17.3 Å². The summed E-state index contributed by atoms with van der Waals surface area (Å²) in [5, 5.41) is 10.5. The van der Waals surface area contributed by atoms with E-state index >= 15 is 0 Å². The van der Waals surface area contributed by atoms with Crippen LogP contribution in [0, 0.1) is 10.1 Å². The second kappa shape index (κ2) is 5.46. The Bertz CT molecular complexity index is 517. The van der Waals surface area contributed by atoms with E-state index < -0.39 is 22.9 Å². The Morgan fingerprint density at radius 1 is 1.50 bits per heavy atom. The minimum atomic E-state index is -1.15. The molecular weight excluding hydrogens is 264 g/mol. The van der Waals surface area contributed by atoms with E-state index in [2.05, 4.69) is 0 Å². The number of nitrogens with two attached hydrogens (primary N) is 1. The fourth-order valence-electron chi connectivity index (χ4n) is 1.07. The number of esters is 1. The van der Waals surface area contributed by atoms with Crippen molar-refractivity contribution in [2.45, 2.75) is 13.0 Å². The molecule has 0 unspecified atom stereocenters. The Morgan fingerprint density at radius 3 is 2.61 bits per heavy atom. The largest absolute Gasteiger partial charge is 0.449 e. The SMILES string of the molecule is C[C@@H](OC(=O)c1cc([N+](=O)[O-])ccc1Cl)C(N)=O. The van der Waals surface area contributed by atoms with Crippen LogP contribution in [0.4, 0.5) is 5.69 Å². The standard InChI is InChI=1S/C10H9ClN2O5/c1-5(9(12)14)18-10(15)7-4-6(13(16)17)2-3-8(7)11/h2-5H,1H3,(H2,12,14)/t5-/m1/s1. The Labute approximate surface area is 107 Å². The van der Waals surface area contributed by atoms with Crippen molar-refractivity contribution in [3.8, 4) is 0 Å². The molecular formula is C10H9ClN2O5. The molecule has 8 heteroatoms. The number of carbonyl (C=O) groups is 2. The molecule has 1 amide bonds. The molecule has 0 aromatic heterocycles. The lowest BCUT2D eigenvalue weighted by Gasteiger charge is -2.10. The maximum Gasteiger partial charge on any atom is 0.340 e. The number of halogens is 1. The summed E-state index contributed by atoms with van der Waals surface area (Å²) >= 11 is 5.72. The highest BCUT2D eigenvalue weighted by Crippen LogP contribution is 2.23. The van der Waals surface area contributed by atoms with Crippen molar-refractivity contribution < 1.29 is 19.2 Å². The maximum atomic E-state index is 11.6. The highest BCUT2D eigenvalue weighted by atomic mass is 35.5. The maximum absolute atomic E-state index is 11.6. The van der Waals surface area contributed by atoms with E-state index in [-0.39, 0.29) is 16.3 Å². The lowest BCUT2D eigenvalue weighted by molar-refractivity contribution is -0.384. The summed E-state index contributed by atoms with van der Waals surface area (Å²) < 4.78 is 4.69. The van der Waals surface area contributed by atoms with Crippen LogP contribution < -0.4 is 5.73 Å². The Morgan fingerprint density at radius 2 is 2.11 bits per heavy atom. The number of amides is 1. The average Bonchev–Trinajstić information content (AvgIpc) is 2.28. The number of benzene rings is 1. The molecule has 1 atom stereocenters. The minimum absolute atomic E-state index is 0.0118. The van der Waals surface area contributed by atoms with Gasteiger partial charge in [-0.15, -0.1) is 0 Å². The predicted octanol–water partition coefficient (Wildman–Crippen LogP) is 1.28. The van der Waals surface area contributed by atoms with Crippen LogP contribution in [0.5, 0.6) is 0 Å². The predicted molar refractivity (Wildman–Crippen MR) is 62.2 cm³/mol. The van der Waals surface area contributed by atoms with Gasteiger partial charge in [-0.25, -0.2) is 4.79 Å². The third kappa shape index (κ3) is 3.17. The zero-order chi connectivity index (χ0) is 13.9. The zero-order valence-electron chi connectivity index (χ0n) is 9.25. The molecule has 0 spiro atoms. The van der Waals surface area contributed by atoms with Crippen LogP contribution >= 0.6 is 11.6 Å². The quantitative estimate of drug-likeness (QED) is 0.504. The van der Waals surface area contributed by atoms with Gasteiger partial charge in [-0.2, -0.15) is 0 Å². The van der Waals surface area contributed by atoms with Gasteiger partial charge in [-0.05, 0) is 13.0 Å². The lowest BCUT2D eigenvalue weighted by atomic mass is 10.2. The smallest absolute Gasteiger partial charge is 0.340 e. The fourth-order valence-corrected chi connectivity index (χ4v) is 1.26. The van der Waals surface area contributed by atoms with Crippen LogP contribution in [-0.4, -0.2) is 22.9 Å². The van der Waals surface area contributed by atoms with E-state index in [0.29, 0.717) is 0 Å². The third-order valence-corrected chi connectivity index (χ3v) is 2.39. The molecule has 96 valence electrons. The molecule has 18 heavy (non-hydrogen) atoms. The molecule has 0 radical (unpaired) electrons. The van der Waals surface area contributed by atoms with Crippen molar-refractivity contribution in [1.82, 2.24) is 0 Å². The molecule has 1 aromatic carbocycles. The monoisotopic (exact) mass is 272 g/mol. The van der Waals surface area contributed by atoms with E-state index in [1.54, 1.807) is 0 Å². The van der Waals surface area contributed by atoms with Gasteiger partial charge in [0.25, 0.3) is 11.6 Å². The summed E-state index contributed by atoms with van der Waals surface area (Å²) in [6, 6.07) is 3.32. The summed E-state index contributed by atoms with van der Waals surface area (Å²) in [5.41, 5.74) is 4.42. The third-order valence-electron chi connectivity index (χ3n) is 2.07. The van der Waals surface area contributed by atoms with Crippen LogP contribution in [0.25, 0.3) is 0 Å². The molecule has 0 aliphatic heterocycles. The first-order chi connectivity index (χ1) is 8.32. The van der Waals surface area contributed by atoms with E-state index in [4.69, 9.17) is 22.1 Å². The molecule has 7 nitrogen and oxygen atoms in total. The summed E-state index contributed by atoms with van der Waals surface area (Å²) in [7, 11) is 0. The van der Waals surface area contributed by atoms with E-state index in [1.807, 2.05) is 0 Å². The van der Waals surface area contributed by atoms with Crippen LogP contribution in [0.3, 0.4) is 0 Å². The lowest BCUT2D eigenvalue weighted by Crippen LogP contribution is -2.30. The van der Waals surface area contributed by atoms with Crippen LogP contribution in [0.2, 0.25) is 5.02 Å². The molecule has 0 heterocycles. The Hall–Kier alpha value is -2.15. The topological polar surface area (TPSA) is 113 Å². The first-order valence-electron chi connectivity index (χ1n) is 4.77. The van der Waals surface area contributed by atoms with Gasteiger partial charge in [0.05, 0.1) is 15.5 Å². The molecule has 0 aliphatic rings. The number of non-ortho nitro benzene ring substituents is 1. The van der Waals surface area contributed by atoms with Crippen molar-refractivity contribution in [3.05, 3.63) is 38.9 Å². The normalized spacial score (nSPS) is 11.7. The highest BCUT2D eigenvalue weighted by Gasteiger charge is 2.21. The highest BCUT2D eigenvalue weighted by molar-refractivity contribution is 6.33. The van der Waals surface area contributed by atoms with Crippen LogP contribution in [-0.2, 0) is 9.53 Å². The van der Waals surface area contributed by atoms with Crippen LogP contribution in [0.15, 0.2) is 18.2 Å². The number of carbonyl (C=O) groups excluding carboxylic acids is 2. The molecule has 0 saturated heterocycles. The number of primary amides is 1. The Balaban J connectivity index is 3.01. The average molecular weight is 273 g/mol. The summed E-state index contributed by atoms with van der Waals surface area (Å²) in [6.07, 6.45) is -1.15. The summed E-state index contributed by atoms with van der Waals surface area (Å²) in [6.45, 7) is 1.28. The van der Waals surface area contributed by atoms with Gasteiger partial charge in [0.2, 0.25) is 0 Å². The van der Waals surface area contributed by atoms with Gasteiger partial charge < -0.3 is 10.5 Å². The first kappa shape index (κ1) is 13.9. The number of nitrogens with zero attached hydrogens (tertiary/aromatic N) is 1. The molecule has 1 rings (SSSR count). The number of hydrogen-bond acceptors (Lipinski definition) is 5. The molecule has 0 fully saturated rings. The second-order valence-electron chi connectivity index (χ2n) is 3.37. The number of hydrogen-bond donors (Lipinski definition) is 1. The van der Waals surface area contributed by atoms with Gasteiger partial charge in [0.15, 0.2) is 6.10 Å². The molecule has 0 aliphatic carbocycles. The van der Waals surface area contributed by atoms with E-state index in [1.165, 1.54) is 13.0 Å². The molecule has 1 aromatic rings. The van der Waals surface area contributed by atoms with E-state index in [9.17, 15) is 19.7 Å². The van der Waals surface area contributed by atoms with Gasteiger partial charge in [-0.3, -0.25) is 14.9 Å².